The number of allylic oxidation sites excluding steroid dienone is 3. The Kier molecular flexibility index (Phi) is 19.0. The maximum absolute atomic E-state index is 5.54. The molecule has 324 valence electrons. The molecule has 0 unspecified atom stereocenters. The third-order valence-corrected chi connectivity index (χ3v) is 10.4. The Morgan fingerprint density at radius 3 is 1.23 bits per heavy atom. The second kappa shape index (κ2) is 24.6. The van der Waals surface area contributed by atoms with E-state index in [-0.39, 0.29) is 0 Å². The van der Waals surface area contributed by atoms with E-state index < -0.39 is 0 Å². The summed E-state index contributed by atoms with van der Waals surface area (Å²) in [6.07, 6.45) is 10.3. The van der Waals surface area contributed by atoms with Gasteiger partial charge in [-0.25, -0.2) is 0 Å². The van der Waals surface area contributed by atoms with E-state index in [1.807, 2.05) is 55.5 Å². The normalized spacial score (nSPS) is 10.2. The molecule has 6 heteroatoms. The van der Waals surface area contributed by atoms with Crippen molar-refractivity contribution in [3.63, 3.8) is 0 Å². The van der Waals surface area contributed by atoms with Crippen LogP contribution in [0.15, 0.2) is 147 Å². The van der Waals surface area contributed by atoms with Crippen molar-refractivity contribution < 1.29 is 28.4 Å². The molecule has 0 radical (unpaired) electrons. The highest BCUT2D eigenvalue weighted by molar-refractivity contribution is 5.75. The number of methoxy groups -OCH3 is 6. The average molecular weight is 833 g/mol. The van der Waals surface area contributed by atoms with Crippen molar-refractivity contribution in [2.75, 3.05) is 42.7 Å². The lowest BCUT2D eigenvalue weighted by atomic mass is 9.97. The van der Waals surface area contributed by atoms with Gasteiger partial charge in [-0.15, -0.1) is 19.7 Å². The fraction of sp³-hybridized carbons (Fsp3) is 0.250. The lowest BCUT2D eigenvalue weighted by Crippen LogP contribution is -1.94. The van der Waals surface area contributed by atoms with Gasteiger partial charge in [0.1, 0.15) is 34.5 Å². The molecule has 0 spiro atoms. The summed E-state index contributed by atoms with van der Waals surface area (Å²) in [6.45, 7) is 17.8. The zero-order chi connectivity index (χ0) is 45.0. The van der Waals surface area contributed by atoms with Crippen molar-refractivity contribution in [2.24, 2.45) is 0 Å². The second-order valence-corrected chi connectivity index (χ2v) is 14.7. The van der Waals surface area contributed by atoms with E-state index in [0.717, 1.165) is 117 Å². The van der Waals surface area contributed by atoms with Gasteiger partial charge in [0.2, 0.25) is 0 Å². The molecule has 62 heavy (non-hydrogen) atoms. The standard InChI is InChI=1S/C20H24O2.C20H22O2.C16H18O2/c2*1-5-7-15-9-11-20(22-4)18(13-15)16-10-12-19(21-3)17(14-16)8-6-2;1-11-5-7-16(18-4)14(9-11)13-6-8-15(17-3)12(2)10-13/h6,9-14H,2,5,7-8H2,1,3-4H3;5-6,9-14H,1-2,7-8H2,3-4H3;5-10H,1-4H3. The predicted octanol–water partition coefficient (Wildman–Crippen LogP) is 13.9. The molecular weight excluding hydrogens is 769 g/mol. The van der Waals surface area contributed by atoms with Crippen molar-refractivity contribution in [1.29, 1.82) is 0 Å². The van der Waals surface area contributed by atoms with E-state index >= 15 is 0 Å². The van der Waals surface area contributed by atoms with Gasteiger partial charge in [0, 0.05) is 16.7 Å². The lowest BCUT2D eigenvalue weighted by Gasteiger charge is -2.14. The molecule has 0 atom stereocenters. The van der Waals surface area contributed by atoms with E-state index in [9.17, 15) is 0 Å². The van der Waals surface area contributed by atoms with Gasteiger partial charge >= 0.3 is 0 Å². The van der Waals surface area contributed by atoms with Crippen LogP contribution in [-0.2, 0) is 25.7 Å². The maximum atomic E-state index is 5.54. The van der Waals surface area contributed by atoms with Crippen LogP contribution in [0.3, 0.4) is 0 Å². The van der Waals surface area contributed by atoms with Crippen LogP contribution >= 0.6 is 0 Å². The quantitative estimate of drug-likeness (QED) is 0.0853. The summed E-state index contributed by atoms with van der Waals surface area (Å²) in [5.74, 6) is 5.34. The Labute approximate surface area is 371 Å². The minimum Gasteiger partial charge on any atom is -0.496 e. The highest BCUT2D eigenvalue weighted by atomic mass is 16.5. The molecule has 0 bridgehead atoms. The van der Waals surface area contributed by atoms with Gasteiger partial charge in [-0.2, -0.15) is 0 Å². The van der Waals surface area contributed by atoms with E-state index in [4.69, 9.17) is 28.4 Å². The van der Waals surface area contributed by atoms with Crippen LogP contribution in [-0.4, -0.2) is 42.7 Å². The van der Waals surface area contributed by atoms with Gasteiger partial charge in [0.05, 0.1) is 42.7 Å². The second-order valence-electron chi connectivity index (χ2n) is 14.7. The van der Waals surface area contributed by atoms with Crippen molar-refractivity contribution in [3.8, 4) is 67.9 Å². The van der Waals surface area contributed by atoms with Crippen molar-refractivity contribution in [1.82, 2.24) is 0 Å². The molecule has 0 aromatic heterocycles. The average Bonchev–Trinajstić information content (AvgIpc) is 3.29. The number of aryl methyl sites for hydroxylation is 3. The Hall–Kier alpha value is -6.66. The first-order valence-electron chi connectivity index (χ1n) is 20.9. The Morgan fingerprint density at radius 1 is 0.403 bits per heavy atom. The van der Waals surface area contributed by atoms with Gasteiger partial charge in [-0.3, -0.25) is 0 Å². The molecule has 6 aromatic rings. The smallest absolute Gasteiger partial charge is 0.126 e. The summed E-state index contributed by atoms with van der Waals surface area (Å²) in [5, 5.41) is 0. The fourth-order valence-corrected chi connectivity index (χ4v) is 7.31. The molecule has 0 aliphatic carbocycles. The summed E-state index contributed by atoms with van der Waals surface area (Å²) in [6, 6.07) is 37.5. The number of benzene rings is 6. The van der Waals surface area contributed by atoms with Gasteiger partial charge in [-0.05, 0) is 157 Å². The lowest BCUT2D eigenvalue weighted by molar-refractivity contribution is 0.410. The molecular formula is C56H64O6. The van der Waals surface area contributed by atoms with Crippen LogP contribution in [0.5, 0.6) is 34.5 Å². The third-order valence-electron chi connectivity index (χ3n) is 10.4. The maximum Gasteiger partial charge on any atom is 0.126 e. The third kappa shape index (κ3) is 12.7. The first kappa shape index (κ1) is 48.0. The fourth-order valence-electron chi connectivity index (χ4n) is 7.31. The zero-order valence-corrected chi connectivity index (χ0v) is 38.2. The number of hydrogen-bond acceptors (Lipinski definition) is 6. The van der Waals surface area contributed by atoms with Crippen LogP contribution in [0.4, 0.5) is 0 Å². The van der Waals surface area contributed by atoms with E-state index in [2.05, 4.69) is 112 Å². The van der Waals surface area contributed by atoms with Crippen LogP contribution in [0.1, 0.15) is 46.7 Å². The monoisotopic (exact) mass is 832 g/mol. The van der Waals surface area contributed by atoms with Crippen LogP contribution in [0.2, 0.25) is 0 Å². The number of ether oxygens (including phenoxy) is 6. The number of hydrogen-bond donors (Lipinski definition) is 0. The molecule has 6 rings (SSSR count). The molecule has 6 aromatic carbocycles. The molecule has 0 N–H and O–H groups in total. The van der Waals surface area contributed by atoms with E-state index in [1.54, 1.807) is 42.7 Å². The van der Waals surface area contributed by atoms with Crippen molar-refractivity contribution >= 4 is 0 Å². The first-order chi connectivity index (χ1) is 30.1. The highest BCUT2D eigenvalue weighted by Crippen LogP contribution is 2.37. The SMILES string of the molecule is C=CCc1cc(-c2cc(CCC)ccc2OC)ccc1OC.C=CCc1ccc(OC)c(-c2ccc(OC)c(CC=C)c2)c1.COc1ccc(-c2cc(C)ccc2OC)cc1C. The van der Waals surface area contributed by atoms with Crippen LogP contribution in [0, 0.1) is 13.8 Å². The molecule has 0 amide bonds. The topological polar surface area (TPSA) is 55.4 Å². The van der Waals surface area contributed by atoms with Crippen LogP contribution in [0.25, 0.3) is 33.4 Å². The van der Waals surface area contributed by atoms with Gasteiger partial charge in [0.15, 0.2) is 0 Å². The summed E-state index contributed by atoms with van der Waals surface area (Å²) >= 11 is 0. The highest BCUT2D eigenvalue weighted by Gasteiger charge is 2.13. The van der Waals surface area contributed by atoms with E-state index in [1.165, 1.54) is 16.7 Å². The van der Waals surface area contributed by atoms with Crippen LogP contribution < -0.4 is 28.4 Å². The minimum absolute atomic E-state index is 0.770. The molecule has 0 heterocycles. The molecule has 0 fully saturated rings. The Morgan fingerprint density at radius 2 is 0.790 bits per heavy atom. The summed E-state index contributed by atoms with van der Waals surface area (Å²) in [7, 11) is 10.2. The Balaban J connectivity index is 0.000000206. The number of rotatable bonds is 17. The summed E-state index contributed by atoms with van der Waals surface area (Å²) < 4.78 is 32.6. The molecule has 0 aliphatic rings. The Bertz CT molecular complexity index is 2410. The first-order valence-corrected chi connectivity index (χ1v) is 20.9. The van der Waals surface area contributed by atoms with E-state index in [0.29, 0.717) is 0 Å². The predicted molar refractivity (Wildman–Crippen MR) is 260 cm³/mol. The molecule has 0 aliphatic heterocycles. The molecule has 6 nitrogen and oxygen atoms in total. The van der Waals surface area contributed by atoms with Gasteiger partial charge in [0.25, 0.3) is 0 Å². The van der Waals surface area contributed by atoms with Gasteiger partial charge in [-0.1, -0.05) is 73.5 Å². The largest absolute Gasteiger partial charge is 0.496 e. The van der Waals surface area contributed by atoms with Crippen molar-refractivity contribution in [3.05, 3.63) is 181 Å². The summed E-state index contributed by atoms with van der Waals surface area (Å²) in [4.78, 5) is 0. The molecule has 0 saturated heterocycles. The summed E-state index contributed by atoms with van der Waals surface area (Å²) in [5.41, 5.74) is 13.9. The molecule has 0 saturated carbocycles. The van der Waals surface area contributed by atoms with Crippen molar-refractivity contribution in [2.45, 2.75) is 52.9 Å². The minimum atomic E-state index is 0.770. The van der Waals surface area contributed by atoms with Gasteiger partial charge < -0.3 is 28.4 Å². The zero-order valence-electron chi connectivity index (χ0n) is 38.2.